The van der Waals surface area contributed by atoms with Crippen LogP contribution in [0.15, 0.2) is 24.3 Å². The molecule has 0 bridgehead atoms. The Labute approximate surface area is 112 Å². The molecule has 2 rings (SSSR count). The maximum Gasteiger partial charge on any atom is 0.225 e. The van der Waals surface area contributed by atoms with E-state index in [0.29, 0.717) is 37.3 Å². The van der Waals surface area contributed by atoms with Crippen LogP contribution in [0.5, 0.6) is 0 Å². The second-order valence-corrected chi connectivity index (χ2v) is 5.19. The number of aliphatic hydroxyl groups is 1. The normalized spacial score (nSPS) is 17.3. The first kappa shape index (κ1) is 13.5. The maximum atomic E-state index is 11.7. The quantitative estimate of drug-likeness (QED) is 0.844. The molecule has 1 aromatic rings. The minimum atomic E-state index is -0.594. The van der Waals surface area contributed by atoms with Gasteiger partial charge in [-0.2, -0.15) is 5.26 Å². The molecule has 1 aliphatic rings. The van der Waals surface area contributed by atoms with Crippen molar-refractivity contribution in [2.75, 3.05) is 25.0 Å². The van der Waals surface area contributed by atoms with Gasteiger partial charge >= 0.3 is 0 Å². The van der Waals surface area contributed by atoms with Crippen molar-refractivity contribution in [1.29, 1.82) is 5.26 Å². The Morgan fingerprint density at radius 3 is 2.63 bits per heavy atom. The molecule has 19 heavy (non-hydrogen) atoms. The highest BCUT2D eigenvalue weighted by Crippen LogP contribution is 2.19. The van der Waals surface area contributed by atoms with E-state index in [0.717, 1.165) is 0 Å². The predicted molar refractivity (Wildman–Crippen MR) is 71.5 cm³/mol. The number of likely N-dealkylation sites (tertiary alicyclic amines) is 1. The topological polar surface area (TPSA) is 76.4 Å². The van der Waals surface area contributed by atoms with Gasteiger partial charge in [0, 0.05) is 31.7 Å². The molecule has 1 aromatic carbocycles. The third kappa shape index (κ3) is 3.78. The molecule has 0 aromatic heterocycles. The monoisotopic (exact) mass is 259 g/mol. The van der Waals surface area contributed by atoms with Crippen LogP contribution in [-0.4, -0.2) is 41.1 Å². The number of rotatable bonds is 4. The minimum Gasteiger partial charge on any atom is -0.388 e. The minimum absolute atomic E-state index is 0.0590. The van der Waals surface area contributed by atoms with Crippen molar-refractivity contribution >= 4 is 11.6 Å². The molecule has 1 amide bonds. The van der Waals surface area contributed by atoms with Gasteiger partial charge in [0.15, 0.2) is 0 Å². The number of carbonyl (C=O) groups is 1. The van der Waals surface area contributed by atoms with Crippen LogP contribution in [0, 0.1) is 11.3 Å². The van der Waals surface area contributed by atoms with Gasteiger partial charge in [-0.05, 0) is 31.2 Å². The number of nitriles is 1. The van der Waals surface area contributed by atoms with Crippen molar-refractivity contribution in [1.82, 2.24) is 4.90 Å². The summed E-state index contributed by atoms with van der Waals surface area (Å²) < 4.78 is 0. The van der Waals surface area contributed by atoms with Crippen LogP contribution in [-0.2, 0) is 4.79 Å². The average molecular weight is 259 g/mol. The van der Waals surface area contributed by atoms with Crippen LogP contribution >= 0.6 is 0 Å². The first-order chi connectivity index (χ1) is 8.98. The van der Waals surface area contributed by atoms with Crippen LogP contribution in [0.1, 0.15) is 18.9 Å². The Balaban J connectivity index is 1.74. The van der Waals surface area contributed by atoms with E-state index in [4.69, 9.17) is 5.26 Å². The zero-order chi connectivity index (χ0) is 13.9. The molecular formula is C14H17N3O2. The molecule has 1 saturated heterocycles. The summed E-state index contributed by atoms with van der Waals surface area (Å²) in [4.78, 5) is 13.7. The molecule has 0 radical (unpaired) electrons. The Hall–Kier alpha value is -1.90. The molecular weight excluding hydrogens is 242 g/mol. The van der Waals surface area contributed by atoms with Crippen LogP contribution in [0.25, 0.3) is 0 Å². The number of hydrogen-bond acceptors (Lipinski definition) is 4. The van der Waals surface area contributed by atoms with Gasteiger partial charge in [0.2, 0.25) is 5.91 Å². The largest absolute Gasteiger partial charge is 0.388 e. The van der Waals surface area contributed by atoms with Gasteiger partial charge in [-0.3, -0.25) is 9.69 Å². The molecule has 5 heteroatoms. The summed E-state index contributed by atoms with van der Waals surface area (Å²) in [7, 11) is 0. The van der Waals surface area contributed by atoms with Crippen LogP contribution < -0.4 is 5.32 Å². The third-order valence-electron chi connectivity index (χ3n) is 3.08. The van der Waals surface area contributed by atoms with Crippen LogP contribution in [0.4, 0.5) is 5.69 Å². The number of carbonyl (C=O) groups excluding carboxylic acids is 1. The third-order valence-corrected chi connectivity index (χ3v) is 3.08. The maximum absolute atomic E-state index is 11.7. The summed E-state index contributed by atoms with van der Waals surface area (Å²) in [6, 6.07) is 8.79. The fraction of sp³-hybridized carbons (Fsp3) is 0.429. The SMILES string of the molecule is CC1(O)CN(CCC(=O)Nc2ccc(C#N)cc2)C1. The summed E-state index contributed by atoms with van der Waals surface area (Å²) in [5, 5.41) is 21.0. The number of nitrogens with zero attached hydrogens (tertiary/aromatic N) is 2. The lowest BCUT2D eigenvalue weighted by Gasteiger charge is -2.44. The standard InChI is InChI=1S/C14H17N3O2/c1-14(19)9-17(10-14)7-6-13(18)16-12-4-2-11(8-15)3-5-12/h2-5,19H,6-7,9-10H2,1H3,(H,16,18). The van der Waals surface area contributed by atoms with E-state index < -0.39 is 5.60 Å². The van der Waals surface area contributed by atoms with Crippen molar-refractivity contribution in [2.45, 2.75) is 18.9 Å². The van der Waals surface area contributed by atoms with E-state index in [1.807, 2.05) is 11.0 Å². The Bertz CT molecular complexity index is 494. The number of benzene rings is 1. The van der Waals surface area contributed by atoms with Gasteiger partial charge in [0.1, 0.15) is 0 Å². The summed E-state index contributed by atoms with van der Waals surface area (Å²) in [5.41, 5.74) is 0.671. The molecule has 0 unspecified atom stereocenters. The van der Waals surface area contributed by atoms with Gasteiger partial charge in [-0.25, -0.2) is 0 Å². The summed E-state index contributed by atoms with van der Waals surface area (Å²) in [5.74, 6) is -0.0590. The summed E-state index contributed by atoms with van der Waals surface area (Å²) in [6.07, 6.45) is 0.399. The summed E-state index contributed by atoms with van der Waals surface area (Å²) in [6.45, 7) is 3.69. The van der Waals surface area contributed by atoms with Crippen molar-refractivity contribution in [3.05, 3.63) is 29.8 Å². The molecule has 2 N–H and O–H groups in total. The predicted octanol–water partition coefficient (Wildman–Crippen LogP) is 0.953. The average Bonchev–Trinajstić information content (AvgIpc) is 2.34. The van der Waals surface area contributed by atoms with Gasteiger partial charge in [-0.15, -0.1) is 0 Å². The second-order valence-electron chi connectivity index (χ2n) is 5.19. The van der Waals surface area contributed by atoms with Crippen LogP contribution in [0.2, 0.25) is 0 Å². The number of hydrogen-bond donors (Lipinski definition) is 2. The molecule has 1 aliphatic heterocycles. The molecule has 1 heterocycles. The Morgan fingerprint density at radius 2 is 2.11 bits per heavy atom. The molecule has 0 atom stereocenters. The van der Waals surface area contributed by atoms with Crippen molar-refractivity contribution in [3.63, 3.8) is 0 Å². The van der Waals surface area contributed by atoms with Gasteiger partial charge < -0.3 is 10.4 Å². The van der Waals surface area contributed by atoms with Gasteiger partial charge in [0.25, 0.3) is 0 Å². The molecule has 1 fully saturated rings. The lowest BCUT2D eigenvalue weighted by Crippen LogP contribution is -2.60. The van der Waals surface area contributed by atoms with E-state index in [9.17, 15) is 9.90 Å². The molecule has 0 aliphatic carbocycles. The van der Waals surface area contributed by atoms with E-state index >= 15 is 0 Å². The highest BCUT2D eigenvalue weighted by Gasteiger charge is 2.35. The van der Waals surface area contributed by atoms with E-state index in [2.05, 4.69) is 5.32 Å². The second kappa shape index (κ2) is 5.39. The molecule has 100 valence electrons. The number of nitrogens with one attached hydrogen (secondary N) is 1. The Morgan fingerprint density at radius 1 is 1.47 bits per heavy atom. The molecule has 5 nitrogen and oxygen atoms in total. The van der Waals surface area contributed by atoms with E-state index in [1.165, 1.54) is 0 Å². The van der Waals surface area contributed by atoms with E-state index in [1.54, 1.807) is 31.2 Å². The lowest BCUT2D eigenvalue weighted by atomic mass is 9.97. The first-order valence-corrected chi connectivity index (χ1v) is 6.23. The fourth-order valence-corrected chi connectivity index (χ4v) is 2.19. The Kier molecular flexibility index (Phi) is 3.84. The number of β-amino-alcohol motifs (C(OH)–C–C–N with tert-alkyl or cyclic N) is 1. The fourth-order valence-electron chi connectivity index (χ4n) is 2.19. The number of amides is 1. The highest BCUT2D eigenvalue weighted by molar-refractivity contribution is 5.90. The van der Waals surface area contributed by atoms with E-state index in [-0.39, 0.29) is 5.91 Å². The lowest BCUT2D eigenvalue weighted by molar-refractivity contribution is -0.119. The number of anilines is 1. The zero-order valence-corrected chi connectivity index (χ0v) is 10.9. The van der Waals surface area contributed by atoms with Gasteiger partial charge in [0.05, 0.1) is 17.2 Å². The first-order valence-electron chi connectivity index (χ1n) is 6.23. The van der Waals surface area contributed by atoms with Crippen molar-refractivity contribution in [3.8, 4) is 6.07 Å². The smallest absolute Gasteiger partial charge is 0.225 e. The van der Waals surface area contributed by atoms with Crippen molar-refractivity contribution < 1.29 is 9.90 Å². The zero-order valence-electron chi connectivity index (χ0n) is 10.9. The van der Waals surface area contributed by atoms with Crippen molar-refractivity contribution in [2.24, 2.45) is 0 Å². The summed E-state index contributed by atoms with van der Waals surface area (Å²) >= 11 is 0. The van der Waals surface area contributed by atoms with Gasteiger partial charge in [-0.1, -0.05) is 0 Å². The molecule has 0 spiro atoms. The highest BCUT2D eigenvalue weighted by atomic mass is 16.3. The van der Waals surface area contributed by atoms with Crippen LogP contribution in [0.3, 0.4) is 0 Å². The molecule has 0 saturated carbocycles.